The quantitative estimate of drug-likeness (QED) is 0.840. The van der Waals surface area contributed by atoms with Gasteiger partial charge in [0, 0.05) is 29.5 Å². The molecular weight excluding hydrogens is 244 g/mol. The molecule has 2 heterocycles. The van der Waals surface area contributed by atoms with Crippen molar-refractivity contribution >= 4 is 17.1 Å². The van der Waals surface area contributed by atoms with E-state index in [1.54, 1.807) is 18.3 Å². The zero-order chi connectivity index (χ0) is 13.1. The number of piperidine rings is 1. The Morgan fingerprint density at radius 3 is 2.72 bits per heavy atom. The third kappa shape index (κ3) is 3.39. The highest BCUT2D eigenvalue weighted by molar-refractivity contribution is 7.11. The Kier molecular flexibility index (Phi) is 4.51. The summed E-state index contributed by atoms with van der Waals surface area (Å²) in [5.41, 5.74) is 0. The summed E-state index contributed by atoms with van der Waals surface area (Å²) < 4.78 is 0. The van der Waals surface area contributed by atoms with Gasteiger partial charge in [-0.2, -0.15) is 0 Å². The lowest BCUT2D eigenvalue weighted by Crippen LogP contribution is -2.37. The van der Waals surface area contributed by atoms with Gasteiger partial charge in [0.25, 0.3) is 0 Å². The van der Waals surface area contributed by atoms with Crippen molar-refractivity contribution in [1.82, 2.24) is 9.88 Å². The summed E-state index contributed by atoms with van der Waals surface area (Å²) in [6.07, 6.45) is 4.83. The molecule has 1 saturated heterocycles. The summed E-state index contributed by atoms with van der Waals surface area (Å²) in [6.45, 7) is 8.50. The van der Waals surface area contributed by atoms with Crippen LogP contribution in [0.3, 0.4) is 0 Å². The van der Waals surface area contributed by atoms with Gasteiger partial charge >= 0.3 is 0 Å². The SMILES string of the molecule is CC(=O)Cc1cnc(C2CCN(C(C)C)CC2)s1. The van der Waals surface area contributed by atoms with Crippen LogP contribution >= 0.6 is 11.3 Å². The first-order chi connectivity index (χ1) is 8.56. The second-order valence-electron chi connectivity index (χ2n) is 5.45. The highest BCUT2D eigenvalue weighted by Crippen LogP contribution is 2.31. The molecule has 1 aromatic rings. The average molecular weight is 266 g/mol. The number of nitrogens with zero attached hydrogens (tertiary/aromatic N) is 2. The fraction of sp³-hybridized carbons (Fsp3) is 0.714. The predicted octanol–water partition coefficient (Wildman–Crippen LogP) is 2.86. The topological polar surface area (TPSA) is 33.2 Å². The van der Waals surface area contributed by atoms with Crippen molar-refractivity contribution in [2.24, 2.45) is 0 Å². The number of hydrogen-bond acceptors (Lipinski definition) is 4. The maximum Gasteiger partial charge on any atom is 0.135 e. The van der Waals surface area contributed by atoms with Gasteiger partial charge in [0.2, 0.25) is 0 Å². The van der Waals surface area contributed by atoms with E-state index < -0.39 is 0 Å². The monoisotopic (exact) mass is 266 g/mol. The lowest BCUT2D eigenvalue weighted by atomic mass is 9.97. The molecule has 0 radical (unpaired) electrons. The number of likely N-dealkylation sites (tertiary alicyclic amines) is 1. The van der Waals surface area contributed by atoms with Gasteiger partial charge in [-0.1, -0.05) is 0 Å². The maximum absolute atomic E-state index is 11.1. The summed E-state index contributed by atoms with van der Waals surface area (Å²) in [7, 11) is 0. The van der Waals surface area contributed by atoms with Crippen LogP contribution in [0.15, 0.2) is 6.20 Å². The Bertz CT molecular complexity index is 406. The molecule has 0 atom stereocenters. The molecule has 2 rings (SSSR count). The van der Waals surface area contributed by atoms with Crippen molar-refractivity contribution in [2.75, 3.05) is 13.1 Å². The van der Waals surface area contributed by atoms with E-state index in [0.717, 1.165) is 4.88 Å². The summed E-state index contributed by atoms with van der Waals surface area (Å²) in [4.78, 5) is 19.2. The number of carbonyl (C=O) groups excluding carboxylic acids is 1. The second-order valence-corrected chi connectivity index (χ2v) is 6.59. The maximum atomic E-state index is 11.1. The van der Waals surface area contributed by atoms with E-state index in [2.05, 4.69) is 23.7 Å². The van der Waals surface area contributed by atoms with Crippen LogP contribution in [0.4, 0.5) is 0 Å². The molecule has 1 aliphatic rings. The molecule has 0 amide bonds. The molecule has 0 unspecified atom stereocenters. The Morgan fingerprint density at radius 1 is 1.50 bits per heavy atom. The largest absolute Gasteiger partial charge is 0.301 e. The lowest BCUT2D eigenvalue weighted by molar-refractivity contribution is -0.116. The van der Waals surface area contributed by atoms with Crippen molar-refractivity contribution in [3.8, 4) is 0 Å². The van der Waals surface area contributed by atoms with Gasteiger partial charge in [-0.25, -0.2) is 4.98 Å². The van der Waals surface area contributed by atoms with E-state index in [4.69, 9.17) is 0 Å². The summed E-state index contributed by atoms with van der Waals surface area (Å²) in [5, 5.41) is 1.23. The Labute approximate surface area is 113 Å². The molecular formula is C14H22N2OS. The van der Waals surface area contributed by atoms with Crippen LogP contribution in [0.2, 0.25) is 0 Å². The van der Waals surface area contributed by atoms with Crippen molar-refractivity contribution in [3.05, 3.63) is 16.1 Å². The number of ketones is 1. The number of thiazole rings is 1. The van der Waals surface area contributed by atoms with Crippen LogP contribution in [-0.4, -0.2) is 34.8 Å². The molecule has 4 heteroatoms. The molecule has 0 spiro atoms. The van der Waals surface area contributed by atoms with Crippen LogP contribution in [0.25, 0.3) is 0 Å². The molecule has 18 heavy (non-hydrogen) atoms. The zero-order valence-corrected chi connectivity index (χ0v) is 12.3. The third-order valence-electron chi connectivity index (χ3n) is 3.60. The normalized spacial score (nSPS) is 18.4. The minimum Gasteiger partial charge on any atom is -0.301 e. The first-order valence-corrected chi connectivity index (χ1v) is 7.56. The third-order valence-corrected chi connectivity index (χ3v) is 4.76. The fourth-order valence-corrected chi connectivity index (χ4v) is 3.66. The van der Waals surface area contributed by atoms with Crippen LogP contribution in [0.1, 0.15) is 49.4 Å². The zero-order valence-electron chi connectivity index (χ0n) is 11.5. The standard InChI is InChI=1S/C14H22N2OS/c1-10(2)16-6-4-12(5-7-16)14-15-9-13(18-14)8-11(3)17/h9-10,12H,4-8H2,1-3H3. The molecule has 3 nitrogen and oxygen atoms in total. The number of hydrogen-bond donors (Lipinski definition) is 0. The van der Waals surface area contributed by atoms with Crippen LogP contribution in [0, 0.1) is 0 Å². The van der Waals surface area contributed by atoms with Gasteiger partial charge in [-0.15, -0.1) is 11.3 Å². The number of carbonyl (C=O) groups is 1. The minimum atomic E-state index is 0.222. The molecule has 0 N–H and O–H groups in total. The molecule has 1 fully saturated rings. The molecule has 100 valence electrons. The van der Waals surface area contributed by atoms with Crippen LogP contribution in [0.5, 0.6) is 0 Å². The van der Waals surface area contributed by atoms with Crippen molar-refractivity contribution < 1.29 is 4.79 Å². The summed E-state index contributed by atoms with van der Waals surface area (Å²) in [6, 6.07) is 0.649. The number of rotatable bonds is 4. The Balaban J connectivity index is 1.93. The average Bonchev–Trinajstić information content (AvgIpc) is 2.76. The highest BCUT2D eigenvalue weighted by Gasteiger charge is 2.24. The number of aromatic nitrogens is 1. The summed E-state index contributed by atoms with van der Waals surface area (Å²) in [5.74, 6) is 0.825. The van der Waals surface area contributed by atoms with Gasteiger partial charge in [-0.3, -0.25) is 4.79 Å². The molecule has 0 aromatic carbocycles. The van der Waals surface area contributed by atoms with E-state index in [0.29, 0.717) is 18.4 Å². The van der Waals surface area contributed by atoms with Gasteiger partial charge in [0.15, 0.2) is 0 Å². The predicted molar refractivity (Wildman–Crippen MR) is 75.2 cm³/mol. The second kappa shape index (κ2) is 5.93. The highest BCUT2D eigenvalue weighted by atomic mass is 32.1. The van der Waals surface area contributed by atoms with Gasteiger partial charge in [-0.05, 0) is 46.7 Å². The van der Waals surface area contributed by atoms with Crippen LogP contribution < -0.4 is 0 Å². The lowest BCUT2D eigenvalue weighted by Gasteiger charge is -2.33. The fourth-order valence-electron chi connectivity index (χ4n) is 2.50. The van der Waals surface area contributed by atoms with Crippen molar-refractivity contribution in [1.29, 1.82) is 0 Å². The molecule has 0 bridgehead atoms. The van der Waals surface area contributed by atoms with Crippen molar-refractivity contribution in [3.63, 3.8) is 0 Å². The first-order valence-electron chi connectivity index (χ1n) is 6.74. The molecule has 1 aromatic heterocycles. The minimum absolute atomic E-state index is 0.222. The van der Waals surface area contributed by atoms with E-state index in [-0.39, 0.29) is 5.78 Å². The van der Waals surface area contributed by atoms with E-state index in [1.807, 2.05) is 6.20 Å². The molecule has 0 saturated carbocycles. The molecule has 1 aliphatic heterocycles. The van der Waals surface area contributed by atoms with Crippen molar-refractivity contribution in [2.45, 2.75) is 52.0 Å². The van der Waals surface area contributed by atoms with Gasteiger partial charge < -0.3 is 4.90 Å². The Morgan fingerprint density at radius 2 is 2.17 bits per heavy atom. The van der Waals surface area contributed by atoms with Gasteiger partial charge in [0.1, 0.15) is 5.78 Å². The van der Waals surface area contributed by atoms with E-state index in [9.17, 15) is 4.79 Å². The number of Topliss-reactive ketones (excluding diaryl/α,β-unsaturated/α-hetero) is 1. The van der Waals surface area contributed by atoms with E-state index >= 15 is 0 Å². The van der Waals surface area contributed by atoms with E-state index in [1.165, 1.54) is 30.9 Å². The summed E-state index contributed by atoms with van der Waals surface area (Å²) >= 11 is 1.73. The van der Waals surface area contributed by atoms with Crippen LogP contribution in [-0.2, 0) is 11.2 Å². The molecule has 0 aliphatic carbocycles. The smallest absolute Gasteiger partial charge is 0.135 e. The van der Waals surface area contributed by atoms with Gasteiger partial charge in [0.05, 0.1) is 5.01 Å². The Hall–Kier alpha value is -0.740. The first kappa shape index (κ1) is 13.7.